The fourth-order valence-electron chi connectivity index (χ4n) is 1.95. The second kappa shape index (κ2) is 7.98. The van der Waals surface area contributed by atoms with E-state index >= 15 is 0 Å². The van der Waals surface area contributed by atoms with E-state index in [2.05, 4.69) is 10.0 Å². The number of hydrogen-bond acceptors (Lipinski definition) is 3. The van der Waals surface area contributed by atoms with Gasteiger partial charge in [-0.2, -0.15) is 4.72 Å². The van der Waals surface area contributed by atoms with E-state index in [1.54, 1.807) is 36.4 Å². The molecule has 0 unspecified atom stereocenters. The lowest BCUT2D eigenvalue weighted by Crippen LogP contribution is -2.44. The van der Waals surface area contributed by atoms with Gasteiger partial charge in [-0.1, -0.05) is 47.5 Å². The van der Waals surface area contributed by atoms with E-state index in [4.69, 9.17) is 23.2 Å². The second-order valence-corrected chi connectivity index (χ2v) is 7.67. The van der Waals surface area contributed by atoms with Gasteiger partial charge in [-0.05, 0) is 36.8 Å². The van der Waals surface area contributed by atoms with E-state index in [1.165, 1.54) is 19.1 Å². The van der Waals surface area contributed by atoms with Crippen molar-refractivity contribution < 1.29 is 13.2 Å². The molecule has 0 saturated heterocycles. The Balaban J connectivity index is 1.97. The zero-order valence-corrected chi connectivity index (χ0v) is 15.1. The first-order valence-electron chi connectivity index (χ1n) is 7.08. The van der Waals surface area contributed by atoms with Crippen LogP contribution in [0.3, 0.4) is 0 Å². The molecule has 0 aromatic heterocycles. The molecule has 5 nitrogen and oxygen atoms in total. The summed E-state index contributed by atoms with van der Waals surface area (Å²) in [5.41, 5.74) is 0.688. The van der Waals surface area contributed by atoms with E-state index < -0.39 is 22.0 Å². The number of hydrogen-bond donors (Lipinski definition) is 2. The van der Waals surface area contributed by atoms with Gasteiger partial charge in [0.05, 0.1) is 10.9 Å². The molecule has 24 heavy (non-hydrogen) atoms. The highest BCUT2D eigenvalue weighted by Gasteiger charge is 2.21. The molecule has 0 heterocycles. The maximum Gasteiger partial charge on any atom is 0.241 e. The highest BCUT2D eigenvalue weighted by Crippen LogP contribution is 2.20. The Morgan fingerprint density at radius 1 is 1.12 bits per heavy atom. The number of nitrogens with one attached hydrogen (secondary N) is 2. The molecule has 1 amide bonds. The third kappa shape index (κ3) is 4.95. The van der Waals surface area contributed by atoms with E-state index in [-0.39, 0.29) is 11.4 Å². The van der Waals surface area contributed by atoms with Crippen molar-refractivity contribution in [1.82, 2.24) is 10.0 Å². The first kappa shape index (κ1) is 18.7. The summed E-state index contributed by atoms with van der Waals surface area (Å²) in [6, 6.07) is 11.9. The largest absolute Gasteiger partial charge is 0.351 e. The molecular weight excluding hydrogens is 371 g/mol. The van der Waals surface area contributed by atoms with Crippen LogP contribution in [0, 0.1) is 0 Å². The van der Waals surface area contributed by atoms with Crippen LogP contribution >= 0.6 is 23.2 Å². The fraction of sp³-hybridized carbons (Fsp3) is 0.188. The van der Waals surface area contributed by atoms with Crippen LogP contribution in [-0.4, -0.2) is 20.4 Å². The van der Waals surface area contributed by atoms with Gasteiger partial charge in [-0.3, -0.25) is 4.79 Å². The van der Waals surface area contributed by atoms with Crippen LogP contribution in [0.5, 0.6) is 0 Å². The van der Waals surface area contributed by atoms with Crippen molar-refractivity contribution in [1.29, 1.82) is 0 Å². The van der Waals surface area contributed by atoms with E-state index in [0.29, 0.717) is 15.6 Å². The number of carbonyl (C=O) groups is 1. The molecular formula is C16H16Cl2N2O3S. The van der Waals surface area contributed by atoms with Gasteiger partial charge in [0.1, 0.15) is 0 Å². The van der Waals surface area contributed by atoms with Crippen LogP contribution in [0.1, 0.15) is 12.5 Å². The summed E-state index contributed by atoms with van der Waals surface area (Å²) in [6.07, 6.45) is 0. The number of benzene rings is 2. The van der Waals surface area contributed by atoms with E-state index in [0.717, 1.165) is 0 Å². The molecule has 2 rings (SSSR count). The predicted molar refractivity (Wildman–Crippen MR) is 94.5 cm³/mol. The molecule has 0 aliphatic rings. The van der Waals surface area contributed by atoms with Crippen molar-refractivity contribution in [3.8, 4) is 0 Å². The lowest BCUT2D eigenvalue weighted by atomic mass is 10.2. The molecule has 1 atom stereocenters. The van der Waals surface area contributed by atoms with Gasteiger partial charge in [-0.25, -0.2) is 8.42 Å². The second-order valence-electron chi connectivity index (χ2n) is 5.11. The Morgan fingerprint density at radius 3 is 2.42 bits per heavy atom. The molecule has 0 radical (unpaired) electrons. The fourth-order valence-corrected chi connectivity index (χ4v) is 3.65. The van der Waals surface area contributed by atoms with Gasteiger partial charge >= 0.3 is 0 Å². The lowest BCUT2D eigenvalue weighted by molar-refractivity contribution is -0.122. The predicted octanol–water partition coefficient (Wildman–Crippen LogP) is 2.98. The van der Waals surface area contributed by atoms with E-state index in [9.17, 15) is 13.2 Å². The summed E-state index contributed by atoms with van der Waals surface area (Å²) in [7, 11) is -3.76. The van der Waals surface area contributed by atoms with Crippen molar-refractivity contribution in [2.75, 3.05) is 0 Å². The van der Waals surface area contributed by atoms with Gasteiger partial charge in [-0.15, -0.1) is 0 Å². The summed E-state index contributed by atoms with van der Waals surface area (Å²) in [5.74, 6) is -0.458. The number of rotatable bonds is 6. The zero-order valence-electron chi connectivity index (χ0n) is 12.8. The average molecular weight is 387 g/mol. The van der Waals surface area contributed by atoms with Gasteiger partial charge < -0.3 is 5.32 Å². The number of amides is 1. The monoisotopic (exact) mass is 386 g/mol. The van der Waals surface area contributed by atoms with Crippen molar-refractivity contribution in [3.63, 3.8) is 0 Å². The maximum atomic E-state index is 12.2. The van der Waals surface area contributed by atoms with Crippen molar-refractivity contribution in [3.05, 3.63) is 64.1 Å². The van der Waals surface area contributed by atoms with Crippen LogP contribution in [0.25, 0.3) is 0 Å². The van der Waals surface area contributed by atoms with Crippen molar-refractivity contribution in [2.24, 2.45) is 0 Å². The van der Waals surface area contributed by atoms with E-state index in [1.807, 2.05) is 0 Å². The molecule has 0 aliphatic heterocycles. The summed E-state index contributed by atoms with van der Waals surface area (Å²) in [5, 5.41) is 3.57. The summed E-state index contributed by atoms with van der Waals surface area (Å²) < 4.78 is 26.7. The summed E-state index contributed by atoms with van der Waals surface area (Å²) >= 11 is 11.8. The minimum Gasteiger partial charge on any atom is -0.351 e. The number of carbonyl (C=O) groups excluding carboxylic acids is 1. The zero-order chi connectivity index (χ0) is 17.7. The molecule has 2 aromatic carbocycles. The molecule has 0 spiro atoms. The Hall–Kier alpha value is -1.60. The number of halogens is 2. The molecule has 0 aliphatic carbocycles. The Kier molecular flexibility index (Phi) is 6.23. The van der Waals surface area contributed by atoms with Crippen molar-refractivity contribution >= 4 is 39.1 Å². The summed E-state index contributed by atoms with van der Waals surface area (Å²) in [4.78, 5) is 12.2. The van der Waals surface area contributed by atoms with Crippen LogP contribution in [0.2, 0.25) is 10.0 Å². The molecule has 8 heteroatoms. The molecule has 2 N–H and O–H groups in total. The smallest absolute Gasteiger partial charge is 0.241 e. The normalized spacial score (nSPS) is 12.6. The van der Waals surface area contributed by atoms with Gasteiger partial charge in [0, 0.05) is 16.6 Å². The molecule has 128 valence electrons. The third-order valence-electron chi connectivity index (χ3n) is 3.25. The highest BCUT2D eigenvalue weighted by atomic mass is 35.5. The Morgan fingerprint density at radius 2 is 1.79 bits per heavy atom. The minimum atomic E-state index is -3.76. The third-order valence-corrected chi connectivity index (χ3v) is 5.39. The quantitative estimate of drug-likeness (QED) is 0.800. The Bertz CT molecular complexity index is 826. The minimum absolute atomic E-state index is 0.102. The topological polar surface area (TPSA) is 75.3 Å². The summed E-state index contributed by atoms with van der Waals surface area (Å²) in [6.45, 7) is 1.64. The average Bonchev–Trinajstić information content (AvgIpc) is 2.54. The maximum absolute atomic E-state index is 12.2. The Labute approximate surface area is 151 Å². The number of sulfonamides is 1. The van der Waals surface area contributed by atoms with Gasteiger partial charge in [0.2, 0.25) is 15.9 Å². The van der Waals surface area contributed by atoms with Crippen LogP contribution in [0.15, 0.2) is 53.4 Å². The molecule has 0 fully saturated rings. The SMILES string of the molecule is C[C@H](NS(=O)(=O)c1ccccc1)C(=O)NCc1ccc(Cl)cc1Cl. The lowest BCUT2D eigenvalue weighted by Gasteiger charge is -2.15. The van der Waals surface area contributed by atoms with Gasteiger partial charge in [0.25, 0.3) is 0 Å². The first-order valence-corrected chi connectivity index (χ1v) is 9.32. The molecule has 2 aromatic rings. The van der Waals surface area contributed by atoms with Crippen molar-refractivity contribution in [2.45, 2.75) is 24.4 Å². The highest BCUT2D eigenvalue weighted by molar-refractivity contribution is 7.89. The van der Waals surface area contributed by atoms with Crippen LogP contribution in [0.4, 0.5) is 0 Å². The first-order chi connectivity index (χ1) is 11.3. The van der Waals surface area contributed by atoms with Crippen LogP contribution < -0.4 is 10.0 Å². The molecule has 0 bridgehead atoms. The molecule has 0 saturated carbocycles. The standard InChI is InChI=1S/C16H16Cl2N2O3S/c1-11(20-24(22,23)14-5-3-2-4-6-14)16(21)19-10-12-7-8-13(17)9-15(12)18/h2-9,11,20H,10H2,1H3,(H,19,21)/t11-/m0/s1. The van der Waals surface area contributed by atoms with Crippen LogP contribution in [-0.2, 0) is 21.4 Å². The van der Waals surface area contributed by atoms with Gasteiger partial charge in [0.15, 0.2) is 0 Å².